The summed E-state index contributed by atoms with van der Waals surface area (Å²) in [5.41, 5.74) is 0.919. The van der Waals surface area contributed by atoms with Crippen LogP contribution in [0.1, 0.15) is 5.56 Å². The van der Waals surface area contributed by atoms with Crippen LogP contribution in [-0.4, -0.2) is 36.2 Å². The van der Waals surface area contributed by atoms with Gasteiger partial charge in [-0.15, -0.1) is 0 Å². The number of aliphatic hydroxyl groups excluding tert-OH is 1. The fraction of sp³-hybridized carbons (Fsp3) is 0.235. The smallest absolute Gasteiger partial charge is 0.317 e. The van der Waals surface area contributed by atoms with E-state index < -0.39 is 0 Å². The molecule has 0 radical (unpaired) electrons. The summed E-state index contributed by atoms with van der Waals surface area (Å²) in [6.07, 6.45) is 0. The molecule has 2 rings (SSSR count). The number of urea groups is 1. The molecule has 0 aromatic heterocycles. The van der Waals surface area contributed by atoms with Crippen molar-refractivity contribution in [2.75, 3.05) is 20.2 Å². The Kier molecular flexibility index (Phi) is 5.94. The highest BCUT2D eigenvalue weighted by Gasteiger charge is 2.06. The Hall–Kier alpha value is -2.60. The van der Waals surface area contributed by atoms with E-state index in [4.69, 9.17) is 9.84 Å². The summed E-state index contributed by atoms with van der Waals surface area (Å²) in [6, 6.07) is 12.8. The number of rotatable bonds is 6. The van der Waals surface area contributed by atoms with Crippen LogP contribution in [0.2, 0.25) is 0 Å². The van der Waals surface area contributed by atoms with Crippen molar-refractivity contribution in [3.63, 3.8) is 0 Å². The molecule has 0 fully saturated rings. The summed E-state index contributed by atoms with van der Waals surface area (Å²) in [5, 5.41) is 11.5. The molecule has 0 aliphatic rings. The summed E-state index contributed by atoms with van der Waals surface area (Å²) in [5.74, 6) is 0.872. The van der Waals surface area contributed by atoms with E-state index in [2.05, 4.69) is 5.32 Å². The van der Waals surface area contributed by atoms with E-state index in [1.807, 2.05) is 12.1 Å². The minimum Gasteiger partial charge on any atom is -0.457 e. The molecular weight excluding hydrogens is 299 g/mol. The first-order chi connectivity index (χ1) is 11.1. The largest absolute Gasteiger partial charge is 0.457 e. The Labute approximate surface area is 134 Å². The van der Waals surface area contributed by atoms with Crippen molar-refractivity contribution in [3.05, 3.63) is 59.9 Å². The normalized spacial score (nSPS) is 10.2. The highest BCUT2D eigenvalue weighted by molar-refractivity contribution is 5.73. The third-order valence-corrected chi connectivity index (χ3v) is 3.20. The van der Waals surface area contributed by atoms with E-state index in [-0.39, 0.29) is 25.0 Å². The highest BCUT2D eigenvalue weighted by atomic mass is 19.1. The summed E-state index contributed by atoms with van der Waals surface area (Å²) in [7, 11) is 1.62. The van der Waals surface area contributed by atoms with Gasteiger partial charge in [0.1, 0.15) is 17.3 Å². The van der Waals surface area contributed by atoms with Crippen molar-refractivity contribution < 1.29 is 19.0 Å². The van der Waals surface area contributed by atoms with E-state index in [1.165, 1.54) is 17.0 Å². The molecule has 5 nitrogen and oxygen atoms in total. The van der Waals surface area contributed by atoms with Gasteiger partial charge in [-0.2, -0.15) is 0 Å². The van der Waals surface area contributed by atoms with Gasteiger partial charge in [-0.1, -0.05) is 12.1 Å². The molecule has 2 N–H and O–H groups in total. The first-order valence-electron chi connectivity index (χ1n) is 7.20. The fourth-order valence-corrected chi connectivity index (χ4v) is 1.88. The lowest BCUT2D eigenvalue weighted by Crippen LogP contribution is -2.38. The van der Waals surface area contributed by atoms with Gasteiger partial charge >= 0.3 is 6.03 Å². The molecule has 0 saturated heterocycles. The monoisotopic (exact) mass is 318 g/mol. The van der Waals surface area contributed by atoms with Crippen LogP contribution in [0, 0.1) is 5.82 Å². The second kappa shape index (κ2) is 8.14. The highest BCUT2D eigenvalue weighted by Crippen LogP contribution is 2.21. The van der Waals surface area contributed by atoms with Crippen LogP contribution in [0.25, 0.3) is 0 Å². The molecule has 0 aliphatic heterocycles. The third kappa shape index (κ3) is 5.27. The third-order valence-electron chi connectivity index (χ3n) is 3.20. The molecule has 0 bridgehead atoms. The van der Waals surface area contributed by atoms with Gasteiger partial charge in [-0.25, -0.2) is 9.18 Å². The Morgan fingerprint density at radius 1 is 1.13 bits per heavy atom. The maximum atomic E-state index is 12.8. The number of hydrogen-bond donors (Lipinski definition) is 2. The molecule has 0 spiro atoms. The van der Waals surface area contributed by atoms with E-state index in [0.29, 0.717) is 18.0 Å². The average molecular weight is 318 g/mol. The summed E-state index contributed by atoms with van der Waals surface area (Å²) in [4.78, 5) is 13.1. The second-order valence-corrected chi connectivity index (χ2v) is 5.00. The molecule has 2 amide bonds. The Morgan fingerprint density at radius 2 is 1.70 bits per heavy atom. The summed E-state index contributed by atoms with van der Waals surface area (Å²) < 4.78 is 18.4. The molecular formula is C17H19FN2O3. The lowest BCUT2D eigenvalue weighted by molar-refractivity contribution is 0.190. The van der Waals surface area contributed by atoms with Crippen LogP contribution in [0.4, 0.5) is 9.18 Å². The van der Waals surface area contributed by atoms with E-state index in [1.54, 1.807) is 31.3 Å². The maximum Gasteiger partial charge on any atom is 0.317 e. The average Bonchev–Trinajstić information content (AvgIpc) is 2.56. The molecule has 0 aliphatic carbocycles. The number of carbonyl (C=O) groups excluding carboxylic acids is 1. The standard InChI is InChI=1S/C17H19FN2O3/c1-20(10-11-21)17(22)19-12-13-2-6-15(7-3-13)23-16-8-4-14(18)5-9-16/h2-9,21H,10-12H2,1H3,(H,19,22). The molecule has 0 unspecified atom stereocenters. The zero-order valence-corrected chi connectivity index (χ0v) is 12.8. The van der Waals surface area contributed by atoms with Crippen molar-refractivity contribution in [2.45, 2.75) is 6.54 Å². The number of aliphatic hydroxyl groups is 1. The van der Waals surface area contributed by atoms with Crippen LogP contribution in [-0.2, 0) is 6.54 Å². The van der Waals surface area contributed by atoms with Gasteiger partial charge in [0.05, 0.1) is 6.61 Å². The van der Waals surface area contributed by atoms with E-state index >= 15 is 0 Å². The van der Waals surface area contributed by atoms with Crippen molar-refractivity contribution in [1.82, 2.24) is 10.2 Å². The predicted molar refractivity (Wildman–Crippen MR) is 84.9 cm³/mol. The van der Waals surface area contributed by atoms with E-state index in [9.17, 15) is 9.18 Å². The SMILES string of the molecule is CN(CCO)C(=O)NCc1ccc(Oc2ccc(F)cc2)cc1. The quantitative estimate of drug-likeness (QED) is 0.861. The molecule has 122 valence electrons. The fourth-order valence-electron chi connectivity index (χ4n) is 1.88. The number of likely N-dealkylation sites (N-methyl/N-ethyl adjacent to an activating group) is 1. The van der Waals surface area contributed by atoms with Gasteiger partial charge in [-0.3, -0.25) is 0 Å². The van der Waals surface area contributed by atoms with Gasteiger partial charge in [0.25, 0.3) is 0 Å². The van der Waals surface area contributed by atoms with Crippen LogP contribution < -0.4 is 10.1 Å². The zero-order valence-electron chi connectivity index (χ0n) is 12.8. The number of halogens is 1. The molecule has 6 heteroatoms. The van der Waals surface area contributed by atoms with Gasteiger partial charge < -0.3 is 20.1 Å². The first-order valence-corrected chi connectivity index (χ1v) is 7.20. The predicted octanol–water partition coefficient (Wildman–Crippen LogP) is 2.75. The maximum absolute atomic E-state index is 12.8. The Bertz CT molecular complexity index is 629. The molecule has 0 heterocycles. The number of benzene rings is 2. The van der Waals surface area contributed by atoms with Crippen molar-refractivity contribution >= 4 is 6.03 Å². The van der Waals surface area contributed by atoms with Crippen LogP contribution in [0.3, 0.4) is 0 Å². The van der Waals surface area contributed by atoms with Gasteiger partial charge in [0.2, 0.25) is 0 Å². The van der Waals surface area contributed by atoms with Gasteiger partial charge in [-0.05, 0) is 42.0 Å². The van der Waals surface area contributed by atoms with Crippen molar-refractivity contribution in [1.29, 1.82) is 0 Å². The van der Waals surface area contributed by atoms with Crippen molar-refractivity contribution in [3.8, 4) is 11.5 Å². The Balaban J connectivity index is 1.87. The molecule has 0 saturated carbocycles. The lowest BCUT2D eigenvalue weighted by atomic mass is 10.2. The number of hydrogen-bond acceptors (Lipinski definition) is 3. The van der Waals surface area contributed by atoms with Crippen LogP contribution in [0.5, 0.6) is 11.5 Å². The van der Waals surface area contributed by atoms with Crippen LogP contribution in [0.15, 0.2) is 48.5 Å². The van der Waals surface area contributed by atoms with Crippen molar-refractivity contribution in [2.24, 2.45) is 0 Å². The molecule has 0 atom stereocenters. The zero-order chi connectivity index (χ0) is 16.7. The number of carbonyl (C=O) groups is 1. The minimum atomic E-state index is -0.311. The first kappa shape index (κ1) is 16.8. The Morgan fingerprint density at radius 3 is 2.26 bits per heavy atom. The number of nitrogens with zero attached hydrogens (tertiary/aromatic N) is 1. The number of nitrogens with one attached hydrogen (secondary N) is 1. The number of ether oxygens (including phenoxy) is 1. The summed E-state index contributed by atoms with van der Waals surface area (Å²) >= 11 is 0. The molecule has 2 aromatic carbocycles. The summed E-state index contributed by atoms with van der Waals surface area (Å²) in [6.45, 7) is 0.598. The van der Waals surface area contributed by atoms with E-state index in [0.717, 1.165) is 5.56 Å². The number of amides is 2. The molecule has 2 aromatic rings. The topological polar surface area (TPSA) is 61.8 Å². The van der Waals surface area contributed by atoms with Gasteiger partial charge in [0, 0.05) is 20.1 Å². The minimum absolute atomic E-state index is 0.0701. The molecule has 23 heavy (non-hydrogen) atoms. The second-order valence-electron chi connectivity index (χ2n) is 5.00. The van der Waals surface area contributed by atoms with Gasteiger partial charge in [0.15, 0.2) is 0 Å². The lowest BCUT2D eigenvalue weighted by Gasteiger charge is -2.16. The van der Waals surface area contributed by atoms with Crippen LogP contribution >= 0.6 is 0 Å².